The number of anilines is 2. The number of unbranched alkanes of at least 4 members (excludes halogenated alkanes) is 1. The zero-order valence-corrected chi connectivity index (χ0v) is 13.1. The largest absolute Gasteiger partial charge is 0.495 e. The normalized spacial score (nSPS) is 10.6. The summed E-state index contributed by atoms with van der Waals surface area (Å²) in [5.74, 6) is -0.0229. The van der Waals surface area contributed by atoms with Crippen molar-refractivity contribution >= 4 is 28.8 Å². The molecule has 122 valence electrons. The van der Waals surface area contributed by atoms with Crippen molar-refractivity contribution in [3.8, 4) is 11.8 Å². The van der Waals surface area contributed by atoms with Gasteiger partial charge in [0.05, 0.1) is 18.5 Å². The van der Waals surface area contributed by atoms with Gasteiger partial charge < -0.3 is 15.8 Å². The molecule has 1 rings (SSSR count). The van der Waals surface area contributed by atoms with Gasteiger partial charge in [-0.2, -0.15) is 10.4 Å². The van der Waals surface area contributed by atoms with Crippen molar-refractivity contribution in [2.75, 3.05) is 17.9 Å². The van der Waals surface area contributed by atoms with E-state index >= 15 is 0 Å². The number of carbonyl (C=O) groups excluding carboxylic acids is 1. The predicted octanol–water partition coefficient (Wildman–Crippen LogP) is 2.05. The van der Waals surface area contributed by atoms with Crippen LogP contribution in [0.5, 0.6) is 5.75 Å². The second-order valence-electron chi connectivity index (χ2n) is 4.66. The van der Waals surface area contributed by atoms with E-state index in [-0.39, 0.29) is 11.6 Å². The molecule has 0 aliphatic carbocycles. The summed E-state index contributed by atoms with van der Waals surface area (Å²) in [5.41, 5.74) is 8.62. The third kappa shape index (κ3) is 5.67. The average molecular weight is 316 g/mol. The molecule has 0 atom stereocenters. The van der Waals surface area contributed by atoms with Crippen molar-refractivity contribution in [1.29, 1.82) is 10.7 Å². The lowest BCUT2D eigenvalue weighted by Crippen LogP contribution is -2.21. The van der Waals surface area contributed by atoms with Crippen LogP contribution in [0.3, 0.4) is 0 Å². The van der Waals surface area contributed by atoms with Crippen LogP contribution >= 0.6 is 0 Å². The minimum atomic E-state index is -0.429. The standard InChI is InChI=1S/C15H20N6O2/c1-3-4-5-14(22)19-11-8-10(6-7-13(11)23-2)20-21-12(9-16)15(17)18/h6-8,20H,3-5H2,1-2H3,(H3,17,18)(H,19,22)/b21-12+. The van der Waals surface area contributed by atoms with E-state index in [0.29, 0.717) is 23.5 Å². The molecule has 8 heteroatoms. The highest BCUT2D eigenvalue weighted by atomic mass is 16.5. The molecule has 0 bridgehead atoms. The molecule has 1 aromatic carbocycles. The van der Waals surface area contributed by atoms with Gasteiger partial charge in [-0.1, -0.05) is 13.3 Å². The Morgan fingerprint density at radius 2 is 2.26 bits per heavy atom. The number of amidine groups is 1. The van der Waals surface area contributed by atoms with Crippen molar-refractivity contribution in [2.45, 2.75) is 26.2 Å². The molecule has 0 radical (unpaired) electrons. The summed E-state index contributed by atoms with van der Waals surface area (Å²) in [4.78, 5) is 11.9. The number of hydrogen-bond donors (Lipinski definition) is 4. The van der Waals surface area contributed by atoms with Crippen molar-refractivity contribution in [3.63, 3.8) is 0 Å². The molecule has 0 aromatic heterocycles. The van der Waals surface area contributed by atoms with Crippen molar-refractivity contribution in [1.82, 2.24) is 0 Å². The highest BCUT2D eigenvalue weighted by Crippen LogP contribution is 2.28. The summed E-state index contributed by atoms with van der Waals surface area (Å²) in [6, 6.07) is 6.66. The number of ether oxygens (including phenoxy) is 1. The summed E-state index contributed by atoms with van der Waals surface area (Å²) in [6.07, 6.45) is 2.17. The molecule has 23 heavy (non-hydrogen) atoms. The number of hydrogen-bond acceptors (Lipinski definition) is 6. The van der Waals surface area contributed by atoms with Gasteiger partial charge in [0.2, 0.25) is 11.6 Å². The van der Waals surface area contributed by atoms with Crippen LogP contribution in [-0.2, 0) is 4.79 Å². The number of hydrazone groups is 1. The number of rotatable bonds is 8. The van der Waals surface area contributed by atoms with Crippen molar-refractivity contribution in [3.05, 3.63) is 18.2 Å². The van der Waals surface area contributed by atoms with Gasteiger partial charge in [0.1, 0.15) is 11.8 Å². The summed E-state index contributed by atoms with van der Waals surface area (Å²) in [7, 11) is 1.51. The SMILES string of the molecule is CCCCC(=O)Nc1cc(N/N=C(\C#N)C(=N)N)ccc1OC. The lowest BCUT2D eigenvalue weighted by molar-refractivity contribution is -0.116. The molecule has 1 aromatic rings. The topological polar surface area (TPSA) is 136 Å². The van der Waals surface area contributed by atoms with Gasteiger partial charge in [0.15, 0.2) is 5.84 Å². The smallest absolute Gasteiger partial charge is 0.224 e. The highest BCUT2D eigenvalue weighted by molar-refractivity contribution is 6.45. The maximum Gasteiger partial charge on any atom is 0.224 e. The fraction of sp³-hybridized carbons (Fsp3) is 0.333. The summed E-state index contributed by atoms with van der Waals surface area (Å²) in [6.45, 7) is 2.01. The Morgan fingerprint density at radius 1 is 1.52 bits per heavy atom. The van der Waals surface area contributed by atoms with Crippen LogP contribution in [0.4, 0.5) is 11.4 Å². The molecular weight excluding hydrogens is 296 g/mol. The van der Waals surface area contributed by atoms with E-state index in [4.69, 9.17) is 21.1 Å². The first-order valence-electron chi connectivity index (χ1n) is 7.07. The van der Waals surface area contributed by atoms with Gasteiger partial charge in [-0.05, 0) is 24.6 Å². The van der Waals surface area contributed by atoms with Gasteiger partial charge in [-0.3, -0.25) is 15.6 Å². The molecule has 0 saturated heterocycles. The molecular formula is C15H20N6O2. The number of nitrogens with one attached hydrogen (secondary N) is 3. The third-order valence-electron chi connectivity index (χ3n) is 2.89. The molecule has 0 spiro atoms. The van der Waals surface area contributed by atoms with Crippen LogP contribution in [0, 0.1) is 16.7 Å². The number of nitrogens with two attached hydrogens (primary N) is 1. The molecule has 0 unspecified atom stereocenters. The van der Waals surface area contributed by atoms with Gasteiger partial charge >= 0.3 is 0 Å². The molecule has 0 saturated carbocycles. The fourth-order valence-electron chi connectivity index (χ4n) is 1.69. The number of nitrogens with zero attached hydrogens (tertiary/aromatic N) is 2. The first-order valence-corrected chi connectivity index (χ1v) is 7.07. The van der Waals surface area contributed by atoms with Gasteiger partial charge in [0, 0.05) is 6.42 Å². The predicted molar refractivity (Wildman–Crippen MR) is 89.7 cm³/mol. The molecule has 0 fully saturated rings. The quantitative estimate of drug-likeness (QED) is 0.330. The number of benzene rings is 1. The first kappa shape index (κ1) is 18.0. The van der Waals surface area contributed by atoms with Gasteiger partial charge in [0.25, 0.3) is 0 Å². The summed E-state index contributed by atoms with van der Waals surface area (Å²) < 4.78 is 5.21. The number of carbonyl (C=O) groups is 1. The third-order valence-corrected chi connectivity index (χ3v) is 2.89. The van der Waals surface area contributed by atoms with Gasteiger partial charge in [-0.15, -0.1) is 0 Å². The van der Waals surface area contributed by atoms with Gasteiger partial charge in [-0.25, -0.2) is 0 Å². The van der Waals surface area contributed by atoms with Crippen LogP contribution in [0.2, 0.25) is 0 Å². The molecule has 1 amide bonds. The van der Waals surface area contributed by atoms with Crippen molar-refractivity contribution < 1.29 is 9.53 Å². The van der Waals surface area contributed by atoms with Crippen LogP contribution in [0.15, 0.2) is 23.3 Å². The Hall–Kier alpha value is -3.08. The van der Waals surface area contributed by atoms with E-state index in [2.05, 4.69) is 15.8 Å². The Labute approximate surface area is 134 Å². The second-order valence-corrected chi connectivity index (χ2v) is 4.66. The lowest BCUT2D eigenvalue weighted by atomic mass is 10.2. The van der Waals surface area contributed by atoms with E-state index in [1.54, 1.807) is 24.3 Å². The van der Waals surface area contributed by atoms with Crippen LogP contribution in [-0.4, -0.2) is 24.6 Å². The monoisotopic (exact) mass is 316 g/mol. The Balaban J connectivity index is 2.92. The van der Waals surface area contributed by atoms with Crippen LogP contribution in [0.25, 0.3) is 0 Å². The first-order chi connectivity index (χ1) is 11.0. The minimum absolute atomic E-state index is 0.104. The molecule has 0 aliphatic heterocycles. The molecule has 0 heterocycles. The van der Waals surface area contributed by atoms with Crippen LogP contribution < -0.4 is 21.2 Å². The zero-order valence-electron chi connectivity index (χ0n) is 13.1. The van der Waals surface area contributed by atoms with E-state index in [9.17, 15) is 4.79 Å². The maximum absolute atomic E-state index is 11.9. The zero-order chi connectivity index (χ0) is 17.2. The lowest BCUT2D eigenvalue weighted by Gasteiger charge is -2.12. The minimum Gasteiger partial charge on any atom is -0.495 e. The van der Waals surface area contributed by atoms with E-state index in [1.165, 1.54) is 7.11 Å². The summed E-state index contributed by atoms with van der Waals surface area (Å²) in [5, 5.41) is 22.5. The fourth-order valence-corrected chi connectivity index (χ4v) is 1.69. The Kier molecular flexibility index (Phi) is 7.07. The van der Waals surface area contributed by atoms with Crippen LogP contribution in [0.1, 0.15) is 26.2 Å². The Morgan fingerprint density at radius 3 is 2.83 bits per heavy atom. The number of nitriles is 1. The highest BCUT2D eigenvalue weighted by Gasteiger charge is 2.09. The average Bonchev–Trinajstić information content (AvgIpc) is 2.53. The summed E-state index contributed by atoms with van der Waals surface area (Å²) >= 11 is 0. The Bertz CT molecular complexity index is 648. The van der Waals surface area contributed by atoms with Crippen molar-refractivity contribution in [2.24, 2.45) is 10.8 Å². The molecule has 8 nitrogen and oxygen atoms in total. The molecule has 0 aliphatic rings. The number of methoxy groups -OCH3 is 1. The van der Waals surface area contributed by atoms with E-state index in [1.807, 2.05) is 6.92 Å². The molecule has 5 N–H and O–H groups in total. The maximum atomic E-state index is 11.9. The van der Waals surface area contributed by atoms with E-state index < -0.39 is 5.84 Å². The number of amides is 1. The second kappa shape index (κ2) is 9.04. The van der Waals surface area contributed by atoms with E-state index in [0.717, 1.165) is 12.8 Å².